The maximum absolute atomic E-state index is 13.7. The molecule has 0 bridgehead atoms. The molecule has 3 aromatic carbocycles. The van der Waals surface area contributed by atoms with E-state index in [0.717, 1.165) is 28.8 Å². The minimum atomic E-state index is -1.12. The van der Waals surface area contributed by atoms with E-state index in [2.05, 4.69) is 15.0 Å². The van der Waals surface area contributed by atoms with Crippen molar-refractivity contribution in [3.63, 3.8) is 0 Å². The van der Waals surface area contributed by atoms with Crippen molar-refractivity contribution in [3.8, 4) is 17.2 Å². The molecule has 7 rings (SSSR count). The van der Waals surface area contributed by atoms with Crippen LogP contribution >= 0.6 is 0 Å². The number of primary amides is 2. The molecule has 7 N–H and O–H groups in total. The van der Waals surface area contributed by atoms with Crippen LogP contribution in [0.1, 0.15) is 141 Å². The zero-order valence-electron chi connectivity index (χ0n) is 45.7. The van der Waals surface area contributed by atoms with Gasteiger partial charge in [-0.05, 0) is 81.6 Å². The molecule has 2 amide bonds. The van der Waals surface area contributed by atoms with Crippen molar-refractivity contribution in [2.45, 2.75) is 150 Å². The Bertz CT molecular complexity index is 3360. The molecule has 1 fully saturated rings. The van der Waals surface area contributed by atoms with E-state index in [1.807, 2.05) is 0 Å². The predicted octanol–water partition coefficient (Wildman–Crippen LogP) is 6.48. The van der Waals surface area contributed by atoms with E-state index in [9.17, 15) is 61.4 Å². The van der Waals surface area contributed by atoms with E-state index in [0.29, 0.717) is 17.0 Å². The van der Waals surface area contributed by atoms with E-state index in [1.54, 1.807) is 48.5 Å². The van der Waals surface area contributed by atoms with Gasteiger partial charge in [0.25, 0.3) is 11.1 Å². The van der Waals surface area contributed by atoms with E-state index in [1.165, 1.54) is 44.8 Å². The normalized spacial score (nSPS) is 14.7. The van der Waals surface area contributed by atoms with Crippen LogP contribution in [-0.2, 0) is 38.2 Å². The van der Waals surface area contributed by atoms with Crippen LogP contribution in [-0.4, -0.2) is 102 Å². The Labute approximate surface area is 458 Å². The topological polar surface area (TPSA) is 337 Å². The molecule has 3 atom stereocenters. The van der Waals surface area contributed by atoms with Crippen LogP contribution < -0.4 is 37.8 Å². The van der Waals surface area contributed by atoms with Gasteiger partial charge in [0.1, 0.15) is 80.1 Å². The SMILES string of the molecule is C.CC(C)(C)OC(=O)CCC(N)C(N)=O.COc1cc(F)cc2c1C(=O)CC(C)=N2.COc1cc(F)cc2nc(C)n(C(CCC(=O)OC(C)(C)C)C(N)=O)c(=O)c12.Cc1nc2cc(F)cc(O)c2c(=O)n1C1CCC(=O)CC1=O. The first-order valence-corrected chi connectivity index (χ1v) is 24.6. The summed E-state index contributed by atoms with van der Waals surface area (Å²) in [6, 6.07) is 3.84. The molecule has 5 aromatic rings. The first-order valence-electron chi connectivity index (χ1n) is 24.6. The van der Waals surface area contributed by atoms with Crippen LogP contribution in [0.25, 0.3) is 21.8 Å². The highest BCUT2D eigenvalue weighted by molar-refractivity contribution is 6.16. The smallest absolute Gasteiger partial charge is 0.306 e. The Morgan fingerprint density at radius 2 is 1.23 bits per heavy atom. The van der Waals surface area contributed by atoms with Crippen molar-refractivity contribution in [2.24, 2.45) is 22.2 Å². The number of methoxy groups -OCH3 is 2. The van der Waals surface area contributed by atoms with Crippen LogP contribution in [0.15, 0.2) is 51.0 Å². The average molecular weight is 1120 g/mol. The van der Waals surface area contributed by atoms with Crippen molar-refractivity contribution < 1.29 is 70.8 Å². The lowest BCUT2D eigenvalue weighted by Crippen LogP contribution is -2.37. The van der Waals surface area contributed by atoms with E-state index >= 15 is 0 Å². The monoisotopic (exact) mass is 1120 g/mol. The number of phenols is 1. The lowest BCUT2D eigenvalue weighted by atomic mass is 9.92. The number of aliphatic imine (C=N–C) groups is 1. The number of rotatable bonds is 12. The Balaban J connectivity index is 0.000000290. The zero-order chi connectivity index (χ0) is 59.6. The minimum absolute atomic E-state index is 0. The number of carbonyl (C=O) groups excluding carboxylic acids is 7. The zero-order valence-corrected chi connectivity index (χ0v) is 45.7. The number of benzene rings is 3. The molecule has 25 heteroatoms. The molecule has 434 valence electrons. The number of amides is 2. The van der Waals surface area contributed by atoms with E-state index in [4.69, 9.17) is 36.1 Å². The van der Waals surface area contributed by atoms with Gasteiger partial charge >= 0.3 is 11.9 Å². The quantitative estimate of drug-likeness (QED) is 0.0766. The summed E-state index contributed by atoms with van der Waals surface area (Å²) < 4.78 is 62.8. The number of esters is 2. The summed E-state index contributed by atoms with van der Waals surface area (Å²) in [5, 5.41) is 9.72. The number of aromatic hydroxyl groups is 1. The van der Waals surface area contributed by atoms with Gasteiger partial charge in [-0.1, -0.05) is 7.43 Å². The number of hydrogen-bond acceptors (Lipinski definition) is 18. The number of aryl methyl sites for hydroxylation is 2. The number of nitrogens with two attached hydrogens (primary N) is 3. The second kappa shape index (κ2) is 27.5. The second-order valence-corrected chi connectivity index (χ2v) is 20.4. The number of ether oxygens (including phenoxy) is 4. The van der Waals surface area contributed by atoms with E-state index < -0.39 is 81.4 Å². The summed E-state index contributed by atoms with van der Waals surface area (Å²) in [5.74, 6) is -4.45. The van der Waals surface area contributed by atoms with Gasteiger partial charge in [-0.3, -0.25) is 57.3 Å². The van der Waals surface area contributed by atoms with Crippen molar-refractivity contribution in [3.05, 3.63) is 91.8 Å². The van der Waals surface area contributed by atoms with Crippen molar-refractivity contribution in [2.75, 3.05) is 14.2 Å². The number of nitrogens with zero attached hydrogens (tertiary/aromatic N) is 5. The standard InChI is InChI=1S/C19H24FN3O5.C15H13FN2O4.C11H10FNO2.C9H18N2O3.CH4/c1-10-22-12-8-11(20)9-14(27-5)16(12)18(26)23(10)13(17(21)25)6-7-15(24)28-19(2,3)4;1-7-17-10-4-8(16)5-13(21)14(10)15(22)18(7)11-3-2-9(19)6-12(11)20;1-6-3-9(14)11-8(13-6)4-7(12)5-10(11)15-2;1-9(2,3)14-7(12)5-4-6(10)8(11)13;/h8-9,13H,6-7H2,1-5H3,(H2,21,25);4-5,11,21H,2-3,6H2,1H3;4-5H,3H2,1-2H3;6H,4-5,10H2,1-3H3,(H2,11,13);1H4. The maximum Gasteiger partial charge on any atom is 0.306 e. The Morgan fingerprint density at radius 1 is 0.713 bits per heavy atom. The van der Waals surface area contributed by atoms with Gasteiger partial charge in [0.2, 0.25) is 11.8 Å². The lowest BCUT2D eigenvalue weighted by Gasteiger charge is -2.24. The number of aromatic nitrogens is 4. The van der Waals surface area contributed by atoms with Crippen LogP contribution in [0.5, 0.6) is 17.2 Å². The highest BCUT2D eigenvalue weighted by Crippen LogP contribution is 2.35. The van der Waals surface area contributed by atoms with Crippen molar-refractivity contribution in [1.29, 1.82) is 0 Å². The summed E-state index contributed by atoms with van der Waals surface area (Å²) in [4.78, 5) is 119. The molecule has 2 aromatic heterocycles. The van der Waals surface area contributed by atoms with Gasteiger partial charge in [0.15, 0.2) is 11.6 Å². The summed E-state index contributed by atoms with van der Waals surface area (Å²) >= 11 is 0. The van der Waals surface area contributed by atoms with Crippen LogP contribution in [0, 0.1) is 31.3 Å². The highest BCUT2D eigenvalue weighted by Gasteiger charge is 2.32. The summed E-state index contributed by atoms with van der Waals surface area (Å²) in [7, 11) is 2.71. The minimum Gasteiger partial charge on any atom is -0.507 e. The third-order valence-corrected chi connectivity index (χ3v) is 11.6. The Hall–Kier alpha value is -8.35. The largest absolute Gasteiger partial charge is 0.507 e. The molecule has 1 aliphatic carbocycles. The lowest BCUT2D eigenvalue weighted by molar-refractivity contribution is -0.156. The first-order chi connectivity index (χ1) is 36.7. The first kappa shape index (κ1) is 65.9. The molecule has 2 aliphatic rings. The molecule has 0 radical (unpaired) electrons. The van der Waals surface area contributed by atoms with Crippen LogP contribution in [0.3, 0.4) is 0 Å². The van der Waals surface area contributed by atoms with Crippen LogP contribution in [0.2, 0.25) is 0 Å². The molecule has 22 nitrogen and oxygen atoms in total. The number of carbonyl (C=O) groups is 7. The van der Waals surface area contributed by atoms with Gasteiger partial charge in [0, 0.05) is 67.8 Å². The van der Waals surface area contributed by atoms with Crippen molar-refractivity contribution >= 4 is 74.3 Å². The summed E-state index contributed by atoms with van der Waals surface area (Å²) in [6.45, 7) is 15.3. The van der Waals surface area contributed by atoms with Gasteiger partial charge in [-0.2, -0.15) is 0 Å². The molecule has 80 heavy (non-hydrogen) atoms. The third kappa shape index (κ3) is 17.6. The highest BCUT2D eigenvalue weighted by atomic mass is 19.1. The number of ketones is 3. The molecule has 3 unspecified atom stereocenters. The fourth-order valence-corrected chi connectivity index (χ4v) is 8.29. The molecule has 1 saturated carbocycles. The number of phenolic OH excluding ortho intramolecular Hbond substituents is 1. The third-order valence-electron chi connectivity index (χ3n) is 11.6. The molecule has 1 aliphatic heterocycles. The van der Waals surface area contributed by atoms with E-state index in [-0.39, 0.29) is 127 Å². The van der Waals surface area contributed by atoms with Gasteiger partial charge < -0.3 is 41.3 Å². The van der Waals surface area contributed by atoms with Gasteiger partial charge in [-0.25, -0.2) is 23.1 Å². The molecule has 3 heterocycles. The van der Waals surface area contributed by atoms with Crippen LogP contribution in [0.4, 0.5) is 18.9 Å². The fraction of sp³-hybridized carbons (Fsp3) is 0.455. The molecule has 0 saturated heterocycles. The average Bonchev–Trinajstić information content (AvgIpc) is 3.30. The van der Waals surface area contributed by atoms with Gasteiger partial charge in [0.05, 0.1) is 55.0 Å². The summed E-state index contributed by atoms with van der Waals surface area (Å²) in [5.41, 5.74) is 15.0. The number of Topliss-reactive ketones (excluding diaryl/α,β-unsaturated/α-hetero) is 3. The van der Waals surface area contributed by atoms with Crippen molar-refractivity contribution in [1.82, 2.24) is 19.1 Å². The molecular formula is C55H69F3N8O14. The number of halogens is 3. The fourth-order valence-electron chi connectivity index (χ4n) is 8.29. The predicted molar refractivity (Wildman–Crippen MR) is 289 cm³/mol. The number of fused-ring (bicyclic) bond motifs is 3. The summed E-state index contributed by atoms with van der Waals surface area (Å²) in [6.07, 6.45) is 0.699. The Morgan fingerprint density at radius 3 is 1.75 bits per heavy atom. The molecule has 0 spiro atoms. The second-order valence-electron chi connectivity index (χ2n) is 20.4. The Kier molecular flexibility index (Phi) is 22.7. The van der Waals surface area contributed by atoms with Gasteiger partial charge in [-0.15, -0.1) is 0 Å². The maximum atomic E-state index is 13.7. The molecular weight excluding hydrogens is 1050 g/mol. The number of hydrogen-bond donors (Lipinski definition) is 4.